The van der Waals surface area contributed by atoms with Crippen molar-refractivity contribution in [3.8, 4) is 0 Å². The molecule has 2 amide bonds. The third-order valence-electron chi connectivity index (χ3n) is 5.77. The highest BCUT2D eigenvalue weighted by molar-refractivity contribution is 8.15. The summed E-state index contributed by atoms with van der Waals surface area (Å²) < 4.78 is 39.8. The lowest BCUT2D eigenvalue weighted by molar-refractivity contribution is -0.137. The van der Waals surface area contributed by atoms with Crippen LogP contribution in [0.2, 0.25) is 5.02 Å². The number of nitrogens with zero attached hydrogens (tertiary/aromatic N) is 2. The summed E-state index contributed by atoms with van der Waals surface area (Å²) in [5.41, 5.74) is 0.368. The molecule has 3 aromatic carbocycles. The van der Waals surface area contributed by atoms with E-state index in [0.29, 0.717) is 17.1 Å². The van der Waals surface area contributed by atoms with Crippen LogP contribution in [0.5, 0.6) is 0 Å². The Morgan fingerprint density at radius 1 is 1.08 bits per heavy atom. The van der Waals surface area contributed by atoms with Crippen molar-refractivity contribution in [1.82, 2.24) is 4.90 Å². The lowest BCUT2D eigenvalue weighted by Crippen LogP contribution is -2.46. The summed E-state index contributed by atoms with van der Waals surface area (Å²) in [6.45, 7) is 0.191. The maximum absolute atomic E-state index is 13.3. The molecule has 12 heteroatoms. The molecular weight excluding hydrogens is 555 g/mol. The summed E-state index contributed by atoms with van der Waals surface area (Å²) in [7, 11) is 0. The zero-order chi connectivity index (χ0) is 28.2. The first-order valence-corrected chi connectivity index (χ1v) is 12.9. The van der Waals surface area contributed by atoms with Gasteiger partial charge in [-0.3, -0.25) is 14.5 Å². The molecule has 1 fully saturated rings. The van der Waals surface area contributed by atoms with Crippen LogP contribution in [-0.2, 0) is 22.2 Å². The van der Waals surface area contributed by atoms with Crippen LogP contribution in [0.4, 0.5) is 24.5 Å². The molecule has 1 unspecified atom stereocenters. The van der Waals surface area contributed by atoms with Crippen LogP contribution in [0.15, 0.2) is 77.8 Å². The minimum atomic E-state index is -4.57. The number of amides is 2. The van der Waals surface area contributed by atoms with Crippen LogP contribution in [0, 0.1) is 0 Å². The fraction of sp³-hybridized carbons (Fsp3) is 0.185. The van der Waals surface area contributed by atoms with E-state index in [1.165, 1.54) is 41.3 Å². The van der Waals surface area contributed by atoms with Gasteiger partial charge in [0.2, 0.25) is 11.8 Å². The first kappa shape index (κ1) is 28.2. The number of alkyl halides is 3. The number of aliphatic imine (C=N–C) groups is 1. The topological polar surface area (TPSA) is 99.1 Å². The number of benzene rings is 3. The molecule has 202 valence electrons. The van der Waals surface area contributed by atoms with Gasteiger partial charge in [0.1, 0.15) is 5.25 Å². The average molecular weight is 576 g/mol. The molecule has 0 aromatic heterocycles. The van der Waals surface area contributed by atoms with Gasteiger partial charge in [-0.1, -0.05) is 41.6 Å². The van der Waals surface area contributed by atoms with E-state index in [0.717, 1.165) is 29.5 Å². The first-order chi connectivity index (χ1) is 18.5. The van der Waals surface area contributed by atoms with Gasteiger partial charge in [0, 0.05) is 23.7 Å². The maximum Gasteiger partial charge on any atom is 0.416 e. The van der Waals surface area contributed by atoms with Crippen LogP contribution < -0.4 is 5.32 Å². The highest BCUT2D eigenvalue weighted by Crippen LogP contribution is 2.34. The molecule has 0 aliphatic carbocycles. The van der Waals surface area contributed by atoms with Crippen LogP contribution in [0.1, 0.15) is 27.9 Å². The van der Waals surface area contributed by atoms with Gasteiger partial charge in [0.25, 0.3) is 0 Å². The molecule has 4 rings (SSSR count). The molecule has 2 N–H and O–H groups in total. The van der Waals surface area contributed by atoms with Gasteiger partial charge >= 0.3 is 12.1 Å². The Morgan fingerprint density at radius 2 is 1.77 bits per heavy atom. The second-order valence-corrected chi connectivity index (χ2v) is 10.2. The number of rotatable bonds is 7. The number of hydrogen-bond acceptors (Lipinski definition) is 5. The Balaban J connectivity index is 1.58. The van der Waals surface area contributed by atoms with Gasteiger partial charge in [0.05, 0.1) is 16.8 Å². The molecule has 7 nitrogen and oxygen atoms in total. The third-order valence-corrected chi connectivity index (χ3v) is 7.21. The van der Waals surface area contributed by atoms with E-state index < -0.39 is 34.8 Å². The van der Waals surface area contributed by atoms with Crippen molar-refractivity contribution in [3.63, 3.8) is 0 Å². The maximum atomic E-state index is 13.3. The zero-order valence-corrected chi connectivity index (χ0v) is 21.7. The van der Waals surface area contributed by atoms with Crippen molar-refractivity contribution in [2.75, 3.05) is 11.9 Å². The summed E-state index contributed by atoms with van der Waals surface area (Å²) in [6.07, 6.45) is -4.30. The second kappa shape index (κ2) is 11.9. The van der Waals surface area contributed by atoms with Crippen molar-refractivity contribution < 1.29 is 32.7 Å². The molecule has 0 radical (unpaired) electrons. The second-order valence-electron chi connectivity index (χ2n) is 8.55. The van der Waals surface area contributed by atoms with E-state index in [-0.39, 0.29) is 29.4 Å². The monoisotopic (exact) mass is 575 g/mol. The van der Waals surface area contributed by atoms with E-state index in [9.17, 15) is 27.6 Å². The number of carboxylic acids is 1. The highest BCUT2D eigenvalue weighted by Gasteiger charge is 2.36. The minimum absolute atomic E-state index is 0.0121. The van der Waals surface area contributed by atoms with Crippen molar-refractivity contribution in [2.24, 2.45) is 4.99 Å². The number of amidine groups is 1. The summed E-state index contributed by atoms with van der Waals surface area (Å²) >= 11 is 6.91. The Bertz CT molecular complexity index is 1410. The number of carbonyl (C=O) groups excluding carboxylic acids is 2. The van der Waals surface area contributed by atoms with Crippen molar-refractivity contribution in [2.45, 2.75) is 24.3 Å². The number of carboxylic acid groups (broad SMARTS) is 1. The van der Waals surface area contributed by atoms with Gasteiger partial charge < -0.3 is 10.4 Å². The highest BCUT2D eigenvalue weighted by atomic mass is 35.5. The van der Waals surface area contributed by atoms with E-state index in [1.54, 1.807) is 24.3 Å². The lowest BCUT2D eigenvalue weighted by Gasteiger charge is -2.32. The lowest BCUT2D eigenvalue weighted by atomic mass is 10.1. The van der Waals surface area contributed by atoms with Gasteiger partial charge in [0.15, 0.2) is 5.17 Å². The molecule has 3 aromatic rings. The summed E-state index contributed by atoms with van der Waals surface area (Å²) in [5.74, 6) is -2.05. The number of carbonyl (C=O) groups is 3. The molecule has 1 saturated heterocycles. The molecule has 1 heterocycles. The number of hydrogen-bond donors (Lipinski definition) is 2. The van der Waals surface area contributed by atoms with Crippen molar-refractivity contribution >= 4 is 57.7 Å². The molecule has 0 saturated carbocycles. The minimum Gasteiger partial charge on any atom is -0.478 e. The number of anilines is 1. The molecular formula is C27H21ClF3N3O4S. The summed E-state index contributed by atoms with van der Waals surface area (Å²) in [6, 6.07) is 17.0. The van der Waals surface area contributed by atoms with Crippen LogP contribution in [0.3, 0.4) is 0 Å². The Hall–Kier alpha value is -3.83. The molecule has 0 spiro atoms. The summed E-state index contributed by atoms with van der Waals surface area (Å²) in [4.78, 5) is 42.9. The van der Waals surface area contributed by atoms with Gasteiger partial charge in [-0.15, -0.1) is 0 Å². The fourth-order valence-electron chi connectivity index (χ4n) is 3.73. The zero-order valence-electron chi connectivity index (χ0n) is 20.1. The Labute approximate surface area is 230 Å². The van der Waals surface area contributed by atoms with Crippen LogP contribution in [-0.4, -0.2) is 44.8 Å². The van der Waals surface area contributed by atoms with E-state index >= 15 is 0 Å². The quantitative estimate of drug-likeness (QED) is 0.346. The van der Waals surface area contributed by atoms with E-state index in [1.807, 2.05) is 0 Å². The van der Waals surface area contributed by atoms with Gasteiger partial charge in [-0.05, 0) is 66.6 Å². The average Bonchev–Trinajstić information content (AvgIpc) is 2.89. The van der Waals surface area contributed by atoms with Gasteiger partial charge in [-0.25, -0.2) is 9.79 Å². The van der Waals surface area contributed by atoms with Crippen molar-refractivity contribution in [1.29, 1.82) is 0 Å². The number of nitrogens with one attached hydrogen (secondary N) is 1. The summed E-state index contributed by atoms with van der Waals surface area (Å²) in [5, 5.41) is 11.4. The molecule has 1 aliphatic heterocycles. The Morgan fingerprint density at radius 3 is 2.41 bits per heavy atom. The van der Waals surface area contributed by atoms with E-state index in [4.69, 9.17) is 16.7 Å². The fourth-order valence-corrected chi connectivity index (χ4v) is 4.99. The van der Waals surface area contributed by atoms with Gasteiger partial charge in [-0.2, -0.15) is 13.2 Å². The molecule has 39 heavy (non-hydrogen) atoms. The first-order valence-electron chi connectivity index (χ1n) is 11.6. The number of thioether (sulfide) groups is 1. The smallest absolute Gasteiger partial charge is 0.416 e. The van der Waals surface area contributed by atoms with Crippen LogP contribution >= 0.6 is 23.4 Å². The SMILES string of the molecule is O=C(O)c1ccc(NC(=O)C2CC(=O)N(CCc3ccc(Cl)cc3)C(=Nc3cccc(C(F)(F)F)c3)S2)cc1. The molecule has 0 bridgehead atoms. The largest absolute Gasteiger partial charge is 0.478 e. The molecule has 1 aliphatic rings. The number of halogens is 4. The van der Waals surface area contributed by atoms with Crippen LogP contribution in [0.25, 0.3) is 0 Å². The predicted molar refractivity (Wildman–Crippen MR) is 143 cm³/mol. The Kier molecular flexibility index (Phi) is 8.61. The van der Waals surface area contributed by atoms with E-state index in [2.05, 4.69) is 10.3 Å². The van der Waals surface area contributed by atoms with Crippen molar-refractivity contribution in [3.05, 3.63) is 94.5 Å². The number of aromatic carboxylic acids is 1. The molecule has 1 atom stereocenters. The predicted octanol–water partition coefficient (Wildman–Crippen LogP) is 6.26. The normalized spacial score (nSPS) is 16.8. The standard InChI is InChI=1S/C27H21ClF3N3O4S/c28-19-8-4-16(5-9-19)12-13-34-23(35)15-22(24(36)32-20-10-6-17(7-11-20)25(37)38)39-26(34)33-21-3-1-2-18(14-21)27(29,30)31/h1-11,14,22H,12-13,15H2,(H,32,36)(H,37,38). The third kappa shape index (κ3) is 7.39.